The van der Waals surface area contributed by atoms with Crippen LogP contribution in [0.3, 0.4) is 0 Å². The summed E-state index contributed by atoms with van der Waals surface area (Å²) in [6.07, 6.45) is 1.95. The number of anilines is 2. The Morgan fingerprint density at radius 2 is 1.96 bits per heavy atom. The number of nitrogen functional groups attached to an aromatic ring is 1. The van der Waals surface area contributed by atoms with E-state index in [4.69, 9.17) is 16.7 Å². The third kappa shape index (κ3) is 3.88. The molecule has 1 aromatic carbocycles. The molecule has 0 bridgehead atoms. The summed E-state index contributed by atoms with van der Waals surface area (Å²) in [5.41, 5.74) is 8.12. The Bertz CT molecular complexity index is 622. The van der Waals surface area contributed by atoms with Crippen molar-refractivity contribution in [1.82, 2.24) is 0 Å². The van der Waals surface area contributed by atoms with E-state index in [0.717, 1.165) is 18.5 Å². The molecule has 1 fully saturated rings. The van der Waals surface area contributed by atoms with Gasteiger partial charge in [-0.2, -0.15) is 0 Å². The lowest BCUT2D eigenvalue weighted by atomic mass is 9.77. The molecular weight excluding hydrogens is 302 g/mol. The van der Waals surface area contributed by atoms with Gasteiger partial charge in [0.2, 0.25) is 0 Å². The van der Waals surface area contributed by atoms with Gasteiger partial charge in [0.25, 0.3) is 0 Å². The van der Waals surface area contributed by atoms with Crippen molar-refractivity contribution < 1.29 is 4.43 Å². The molecule has 126 valence electrons. The highest BCUT2D eigenvalue weighted by Crippen LogP contribution is 2.46. The fourth-order valence-corrected chi connectivity index (χ4v) is 4.60. The molecule has 5 heteroatoms. The van der Waals surface area contributed by atoms with Crippen LogP contribution in [0.5, 0.6) is 0 Å². The van der Waals surface area contributed by atoms with Gasteiger partial charge in [0, 0.05) is 11.7 Å². The van der Waals surface area contributed by atoms with Gasteiger partial charge in [-0.15, -0.1) is 0 Å². The molecule has 0 saturated heterocycles. The highest BCUT2D eigenvalue weighted by atomic mass is 28.4. The van der Waals surface area contributed by atoms with Crippen LogP contribution in [0.1, 0.15) is 40.5 Å². The first kappa shape index (κ1) is 17.8. The second-order valence-corrected chi connectivity index (χ2v) is 13.2. The molecule has 3 N–H and O–H groups in total. The van der Waals surface area contributed by atoms with Crippen molar-refractivity contribution in [1.29, 1.82) is 0 Å². The Morgan fingerprint density at radius 1 is 1.35 bits per heavy atom. The van der Waals surface area contributed by atoms with Crippen molar-refractivity contribution in [3.8, 4) is 0 Å². The molecule has 23 heavy (non-hydrogen) atoms. The SMILES string of the molecule is [C-]#[N+]c1ccc(N)c(NC2CC(C)(O[Si](C)(C)C(C)(C)C)C2)c1. The van der Waals surface area contributed by atoms with E-state index in [1.807, 2.05) is 6.07 Å². The molecule has 0 unspecified atom stereocenters. The van der Waals surface area contributed by atoms with E-state index in [9.17, 15) is 0 Å². The third-order valence-electron chi connectivity index (χ3n) is 5.19. The zero-order chi connectivity index (χ0) is 17.5. The van der Waals surface area contributed by atoms with Gasteiger partial charge in [0.15, 0.2) is 14.0 Å². The average molecular weight is 332 g/mol. The summed E-state index contributed by atoms with van der Waals surface area (Å²) in [7, 11) is -1.75. The predicted molar refractivity (Wildman–Crippen MR) is 100 cm³/mol. The van der Waals surface area contributed by atoms with Crippen LogP contribution < -0.4 is 11.1 Å². The minimum atomic E-state index is -1.75. The lowest BCUT2D eigenvalue weighted by molar-refractivity contribution is -0.0108. The fourth-order valence-electron chi connectivity index (χ4n) is 2.90. The van der Waals surface area contributed by atoms with Crippen molar-refractivity contribution in [2.24, 2.45) is 0 Å². The number of rotatable bonds is 4. The molecule has 0 spiro atoms. The zero-order valence-corrected chi connectivity index (χ0v) is 16.2. The number of hydrogen-bond acceptors (Lipinski definition) is 3. The van der Waals surface area contributed by atoms with Crippen molar-refractivity contribution in [3.63, 3.8) is 0 Å². The minimum Gasteiger partial charge on any atom is -0.411 e. The van der Waals surface area contributed by atoms with E-state index in [-0.39, 0.29) is 10.6 Å². The average Bonchev–Trinajstić information content (AvgIpc) is 2.37. The standard InChI is InChI=1S/C18H29N3OSi/c1-17(2,3)23(6,7)22-18(4)11-14(12-18)21-16-10-13(20-5)8-9-15(16)19/h8-10,14,21H,11-12,19H2,1-4,6-7H3. The van der Waals surface area contributed by atoms with Crippen molar-refractivity contribution in [2.45, 2.75) is 70.3 Å². The van der Waals surface area contributed by atoms with Crippen molar-refractivity contribution in [2.75, 3.05) is 11.1 Å². The van der Waals surface area contributed by atoms with Crippen molar-refractivity contribution in [3.05, 3.63) is 29.6 Å². The maximum Gasteiger partial charge on any atom is 0.192 e. The number of nitrogens with two attached hydrogens (primary N) is 1. The molecule has 0 atom stereocenters. The summed E-state index contributed by atoms with van der Waals surface area (Å²) in [6, 6.07) is 5.72. The summed E-state index contributed by atoms with van der Waals surface area (Å²) >= 11 is 0. The summed E-state index contributed by atoms with van der Waals surface area (Å²) in [4.78, 5) is 3.46. The first-order chi connectivity index (χ1) is 10.5. The Morgan fingerprint density at radius 3 is 2.48 bits per heavy atom. The largest absolute Gasteiger partial charge is 0.411 e. The van der Waals surface area contributed by atoms with Crippen LogP contribution in [-0.2, 0) is 4.43 Å². The molecule has 1 aromatic rings. The molecule has 0 amide bonds. The van der Waals surface area contributed by atoms with Gasteiger partial charge in [0.05, 0.1) is 17.9 Å². The highest BCUT2D eigenvalue weighted by molar-refractivity contribution is 6.74. The van der Waals surface area contributed by atoms with Crippen LogP contribution >= 0.6 is 0 Å². The molecule has 2 rings (SSSR count). The number of nitrogens with zero attached hydrogens (tertiary/aromatic N) is 1. The lowest BCUT2D eigenvalue weighted by Gasteiger charge is -2.52. The van der Waals surface area contributed by atoms with Crippen LogP contribution in [-0.4, -0.2) is 20.0 Å². The van der Waals surface area contributed by atoms with Gasteiger partial charge in [-0.25, -0.2) is 4.85 Å². The van der Waals surface area contributed by atoms with Crippen LogP contribution in [0.15, 0.2) is 18.2 Å². The topological polar surface area (TPSA) is 51.6 Å². The summed E-state index contributed by atoms with van der Waals surface area (Å²) < 4.78 is 6.59. The Hall–Kier alpha value is -1.51. The molecule has 0 heterocycles. The fraction of sp³-hybridized carbons (Fsp3) is 0.611. The normalized spacial score (nSPS) is 24.7. The Labute approximate surface area is 141 Å². The van der Waals surface area contributed by atoms with E-state index < -0.39 is 8.32 Å². The first-order valence-corrected chi connectivity index (χ1v) is 11.1. The first-order valence-electron chi connectivity index (χ1n) is 8.19. The Balaban J connectivity index is 1.98. The molecule has 0 radical (unpaired) electrons. The van der Waals surface area contributed by atoms with Gasteiger partial charge in [0.1, 0.15) is 0 Å². The molecule has 1 saturated carbocycles. The van der Waals surface area contributed by atoms with E-state index in [2.05, 4.69) is 51.0 Å². The van der Waals surface area contributed by atoms with Crippen LogP contribution in [0.2, 0.25) is 18.1 Å². The van der Waals surface area contributed by atoms with Crippen LogP contribution in [0.25, 0.3) is 4.85 Å². The van der Waals surface area contributed by atoms with Gasteiger partial charge in [-0.1, -0.05) is 26.8 Å². The third-order valence-corrected chi connectivity index (χ3v) is 9.81. The zero-order valence-electron chi connectivity index (χ0n) is 15.2. The Kier molecular flexibility index (Phi) is 4.53. The second-order valence-electron chi connectivity index (χ2n) is 8.45. The lowest BCUT2D eigenvalue weighted by Crippen LogP contribution is -2.57. The quantitative estimate of drug-likeness (QED) is 0.454. The van der Waals surface area contributed by atoms with Gasteiger partial charge < -0.3 is 15.5 Å². The monoisotopic (exact) mass is 331 g/mol. The molecule has 1 aliphatic carbocycles. The van der Waals surface area contributed by atoms with Gasteiger partial charge >= 0.3 is 0 Å². The predicted octanol–water partition coefficient (Wildman–Crippen LogP) is 5.17. The maximum atomic E-state index is 7.11. The number of hydrogen-bond donors (Lipinski definition) is 2. The summed E-state index contributed by atoms with van der Waals surface area (Å²) in [5.74, 6) is 0. The highest BCUT2D eigenvalue weighted by Gasteiger charge is 2.48. The number of benzene rings is 1. The van der Waals surface area contributed by atoms with Crippen LogP contribution in [0, 0.1) is 6.57 Å². The maximum absolute atomic E-state index is 7.11. The van der Waals surface area contributed by atoms with Crippen LogP contribution in [0.4, 0.5) is 17.1 Å². The van der Waals surface area contributed by atoms with E-state index in [1.54, 1.807) is 12.1 Å². The second kappa shape index (κ2) is 5.84. The van der Waals surface area contributed by atoms with Gasteiger partial charge in [-0.3, -0.25) is 0 Å². The molecule has 1 aliphatic rings. The van der Waals surface area contributed by atoms with E-state index >= 15 is 0 Å². The van der Waals surface area contributed by atoms with E-state index in [1.165, 1.54) is 0 Å². The van der Waals surface area contributed by atoms with E-state index in [0.29, 0.717) is 17.4 Å². The van der Waals surface area contributed by atoms with Crippen molar-refractivity contribution >= 4 is 25.4 Å². The smallest absolute Gasteiger partial charge is 0.192 e. The molecule has 4 nitrogen and oxygen atoms in total. The molecule has 0 aliphatic heterocycles. The minimum absolute atomic E-state index is 0.0488. The molecular formula is C18H29N3OSi. The summed E-state index contributed by atoms with van der Waals surface area (Å²) in [5, 5.41) is 3.69. The van der Waals surface area contributed by atoms with Gasteiger partial charge in [-0.05, 0) is 50.0 Å². The molecule has 0 aromatic heterocycles. The summed E-state index contributed by atoms with van der Waals surface area (Å²) in [6.45, 7) is 20.7. The number of nitrogens with one attached hydrogen (secondary N) is 1.